The van der Waals surface area contributed by atoms with Gasteiger partial charge in [-0.3, -0.25) is 14.9 Å². The van der Waals surface area contributed by atoms with E-state index in [4.69, 9.17) is 0 Å². The topological polar surface area (TPSA) is 89.8 Å². The zero-order valence-corrected chi connectivity index (χ0v) is 21.8. The lowest BCUT2D eigenvalue weighted by Gasteiger charge is -2.07. The molecule has 176 valence electrons. The van der Waals surface area contributed by atoms with Crippen LogP contribution >= 0.6 is 22.7 Å². The summed E-state index contributed by atoms with van der Waals surface area (Å²) in [6.07, 6.45) is 2.16. The Labute approximate surface area is 206 Å². The number of amides is 1. The van der Waals surface area contributed by atoms with Gasteiger partial charge in [-0.25, -0.2) is 14.6 Å². The fraction of sp³-hybridized carbons (Fsp3) is 0.320. The van der Waals surface area contributed by atoms with Crippen LogP contribution in [0.3, 0.4) is 0 Å². The molecule has 0 unspecified atom stereocenters. The summed E-state index contributed by atoms with van der Waals surface area (Å²) >= 11 is 2.66. The Bertz CT molecular complexity index is 1430. The molecule has 0 bridgehead atoms. The molecular formula is C25H27N5O2S2. The van der Waals surface area contributed by atoms with E-state index in [9.17, 15) is 9.59 Å². The van der Waals surface area contributed by atoms with Crippen molar-refractivity contribution >= 4 is 33.7 Å². The summed E-state index contributed by atoms with van der Waals surface area (Å²) in [5.74, 6) is -0.278. The maximum absolute atomic E-state index is 13.1. The van der Waals surface area contributed by atoms with Gasteiger partial charge >= 0.3 is 0 Å². The molecule has 0 aliphatic heterocycles. The number of benzene rings is 1. The number of nitrogens with one attached hydrogen (secondary N) is 1. The van der Waals surface area contributed by atoms with E-state index in [1.165, 1.54) is 32.9 Å². The molecule has 0 aliphatic rings. The van der Waals surface area contributed by atoms with Crippen molar-refractivity contribution in [3.63, 3.8) is 0 Å². The highest BCUT2D eigenvalue weighted by Crippen LogP contribution is 2.33. The molecule has 1 N–H and O–H groups in total. The number of thiazole rings is 2. The number of hydrogen-bond donors (Lipinski definition) is 1. The second-order valence-electron chi connectivity index (χ2n) is 8.27. The van der Waals surface area contributed by atoms with E-state index >= 15 is 0 Å². The highest BCUT2D eigenvalue weighted by atomic mass is 32.1. The van der Waals surface area contributed by atoms with Crippen molar-refractivity contribution in [1.29, 1.82) is 0 Å². The van der Waals surface area contributed by atoms with E-state index < -0.39 is 0 Å². The van der Waals surface area contributed by atoms with Gasteiger partial charge in [0.25, 0.3) is 11.5 Å². The largest absolute Gasteiger partial charge is 0.297 e. The molecule has 0 radical (unpaired) electrons. The number of rotatable bonds is 6. The molecule has 34 heavy (non-hydrogen) atoms. The highest BCUT2D eigenvalue weighted by Gasteiger charge is 2.22. The predicted octanol–water partition coefficient (Wildman–Crippen LogP) is 5.47. The summed E-state index contributed by atoms with van der Waals surface area (Å²) in [4.78, 5) is 36.5. The minimum absolute atomic E-state index is 0.228. The van der Waals surface area contributed by atoms with Crippen LogP contribution in [0.2, 0.25) is 0 Å². The molecule has 0 saturated carbocycles. The third-order valence-corrected chi connectivity index (χ3v) is 7.79. The molecule has 0 fully saturated rings. The molecule has 0 saturated heterocycles. The van der Waals surface area contributed by atoms with Crippen LogP contribution in [-0.2, 0) is 13.5 Å². The van der Waals surface area contributed by atoms with Crippen LogP contribution in [-0.4, -0.2) is 25.7 Å². The average molecular weight is 494 g/mol. The first-order chi connectivity index (χ1) is 16.2. The number of anilines is 1. The SMILES string of the molecule is CCCc1ccc(-c2nc(NC(=O)c3sc(-c4c(C)c(C)nn(C)c4=O)nc3C)sc2C)cc1. The van der Waals surface area contributed by atoms with Crippen LogP contribution in [0.4, 0.5) is 5.13 Å². The molecule has 7 nitrogen and oxygen atoms in total. The Morgan fingerprint density at radius 3 is 2.41 bits per heavy atom. The van der Waals surface area contributed by atoms with Crippen LogP contribution in [0, 0.1) is 27.7 Å². The first-order valence-corrected chi connectivity index (χ1v) is 12.7. The Hall–Kier alpha value is -3.17. The Morgan fingerprint density at radius 1 is 1.03 bits per heavy atom. The predicted molar refractivity (Wildman–Crippen MR) is 139 cm³/mol. The molecule has 0 aliphatic carbocycles. The summed E-state index contributed by atoms with van der Waals surface area (Å²) < 4.78 is 1.31. The normalized spacial score (nSPS) is 11.1. The number of hydrogen-bond acceptors (Lipinski definition) is 7. The van der Waals surface area contributed by atoms with Gasteiger partial charge in [-0.1, -0.05) is 37.6 Å². The molecule has 3 heterocycles. The van der Waals surface area contributed by atoms with Crippen molar-refractivity contribution in [3.8, 4) is 21.8 Å². The molecule has 0 spiro atoms. The standard InChI is InChI=1S/C25H27N5O2S2/c1-7-8-17-9-11-18(12-10-17)20-16(5)33-25(27-20)28-22(31)21-15(4)26-23(34-21)19-13(2)14(3)29-30(6)24(19)32/h9-12H,7-8H2,1-6H3,(H,27,28,31). The van der Waals surface area contributed by atoms with Crippen molar-refractivity contribution in [1.82, 2.24) is 19.7 Å². The Morgan fingerprint density at radius 2 is 1.74 bits per heavy atom. The summed E-state index contributed by atoms with van der Waals surface area (Å²) in [5, 5.41) is 8.21. The minimum atomic E-state index is -0.278. The number of carbonyl (C=O) groups is 1. The second-order valence-corrected chi connectivity index (χ2v) is 10.5. The van der Waals surface area contributed by atoms with E-state index in [1.807, 2.05) is 20.8 Å². The fourth-order valence-electron chi connectivity index (χ4n) is 3.80. The van der Waals surface area contributed by atoms with Gasteiger partial charge in [-0.2, -0.15) is 5.10 Å². The maximum atomic E-state index is 13.1. The molecule has 3 aromatic heterocycles. The van der Waals surface area contributed by atoms with Crippen LogP contribution in [0.1, 0.15) is 50.4 Å². The number of aromatic nitrogens is 4. The zero-order chi connectivity index (χ0) is 24.6. The third-order valence-electron chi connectivity index (χ3n) is 5.73. The first kappa shape index (κ1) is 24.0. The number of nitrogens with zero attached hydrogens (tertiary/aromatic N) is 4. The quantitative estimate of drug-likeness (QED) is 0.385. The van der Waals surface area contributed by atoms with Crippen LogP contribution in [0.15, 0.2) is 29.1 Å². The fourth-order valence-corrected chi connectivity index (χ4v) is 5.69. The van der Waals surface area contributed by atoms with Gasteiger partial charge < -0.3 is 0 Å². The van der Waals surface area contributed by atoms with Gasteiger partial charge in [0.15, 0.2) is 5.13 Å². The van der Waals surface area contributed by atoms with E-state index in [1.54, 1.807) is 14.0 Å². The first-order valence-electron chi connectivity index (χ1n) is 11.1. The van der Waals surface area contributed by atoms with Gasteiger partial charge in [0.1, 0.15) is 9.88 Å². The maximum Gasteiger partial charge on any atom is 0.277 e. The third kappa shape index (κ3) is 4.58. The summed E-state index contributed by atoms with van der Waals surface area (Å²) in [5.41, 5.74) is 5.57. The number of carbonyl (C=O) groups excluding carboxylic acids is 1. The molecular weight excluding hydrogens is 466 g/mol. The lowest BCUT2D eigenvalue weighted by atomic mass is 10.1. The van der Waals surface area contributed by atoms with Crippen molar-refractivity contribution < 1.29 is 4.79 Å². The summed E-state index contributed by atoms with van der Waals surface area (Å²) in [6.45, 7) is 9.65. The van der Waals surface area contributed by atoms with E-state index in [0.29, 0.717) is 26.3 Å². The van der Waals surface area contributed by atoms with E-state index in [-0.39, 0.29) is 11.5 Å². The monoisotopic (exact) mass is 493 g/mol. The molecule has 9 heteroatoms. The van der Waals surface area contributed by atoms with Crippen molar-refractivity contribution in [2.45, 2.75) is 47.5 Å². The number of aryl methyl sites for hydroxylation is 5. The average Bonchev–Trinajstić information content (AvgIpc) is 3.35. The van der Waals surface area contributed by atoms with E-state index in [2.05, 4.69) is 51.6 Å². The smallest absolute Gasteiger partial charge is 0.277 e. The molecule has 4 aromatic rings. The summed E-state index contributed by atoms with van der Waals surface area (Å²) in [6, 6.07) is 8.42. The lowest BCUT2D eigenvalue weighted by molar-refractivity contribution is 0.103. The van der Waals surface area contributed by atoms with Crippen molar-refractivity contribution in [2.75, 3.05) is 5.32 Å². The van der Waals surface area contributed by atoms with Gasteiger partial charge in [0.05, 0.1) is 22.6 Å². The molecule has 4 rings (SSSR count). The highest BCUT2D eigenvalue weighted by molar-refractivity contribution is 7.18. The minimum Gasteiger partial charge on any atom is -0.297 e. The van der Waals surface area contributed by atoms with Gasteiger partial charge in [-0.15, -0.1) is 22.7 Å². The van der Waals surface area contributed by atoms with Crippen molar-refractivity contribution in [2.24, 2.45) is 7.05 Å². The second kappa shape index (κ2) is 9.60. The van der Waals surface area contributed by atoms with Crippen LogP contribution < -0.4 is 10.9 Å². The summed E-state index contributed by atoms with van der Waals surface area (Å²) in [7, 11) is 1.62. The van der Waals surface area contributed by atoms with Gasteiger partial charge in [0.2, 0.25) is 0 Å². The van der Waals surface area contributed by atoms with E-state index in [0.717, 1.165) is 40.2 Å². The van der Waals surface area contributed by atoms with Crippen LogP contribution in [0.25, 0.3) is 21.8 Å². The van der Waals surface area contributed by atoms with Gasteiger partial charge in [0, 0.05) is 17.5 Å². The lowest BCUT2D eigenvalue weighted by Crippen LogP contribution is -2.23. The Balaban J connectivity index is 1.60. The van der Waals surface area contributed by atoms with Crippen molar-refractivity contribution in [3.05, 3.63) is 66.9 Å². The molecule has 0 atom stereocenters. The molecule has 1 aromatic carbocycles. The van der Waals surface area contributed by atoms with Crippen LogP contribution in [0.5, 0.6) is 0 Å². The van der Waals surface area contributed by atoms with Gasteiger partial charge in [-0.05, 0) is 45.2 Å². The Kier molecular flexibility index (Phi) is 6.77. The zero-order valence-electron chi connectivity index (χ0n) is 20.1. The molecule has 1 amide bonds.